The molecule has 1 nitrogen and oxygen atoms in total. The van der Waals surface area contributed by atoms with E-state index < -0.39 is 0 Å². The van der Waals surface area contributed by atoms with E-state index in [1.807, 2.05) is 0 Å². The normalized spacial score (nSPS) is 30.7. The molecule has 2 aliphatic rings. The Labute approximate surface area is 56.4 Å². The maximum absolute atomic E-state index is 5.64. The van der Waals surface area contributed by atoms with Gasteiger partial charge in [-0.15, -0.1) is 0 Å². The van der Waals surface area contributed by atoms with Crippen LogP contribution in [0.4, 0.5) is 0 Å². The first-order valence-electron chi connectivity index (χ1n) is 3.96. The predicted molar refractivity (Wildman–Crippen MR) is 35.8 cm³/mol. The summed E-state index contributed by atoms with van der Waals surface area (Å²) in [7, 11) is 0. The largest absolute Gasteiger partial charge is 0.369 e. The topological polar surface area (TPSA) is 9.23 Å². The average Bonchev–Trinajstić information content (AvgIpc) is 1.88. The van der Waals surface area contributed by atoms with Gasteiger partial charge >= 0.3 is 0 Å². The minimum absolute atomic E-state index is 0.613. The molecule has 0 aromatic rings. The molecule has 51 valence electrons. The van der Waals surface area contributed by atoms with Crippen LogP contribution in [-0.4, -0.2) is 6.10 Å². The molecule has 0 saturated carbocycles. The highest BCUT2D eigenvalue weighted by Crippen LogP contribution is 2.35. The van der Waals surface area contributed by atoms with Crippen molar-refractivity contribution in [2.24, 2.45) is 0 Å². The van der Waals surface area contributed by atoms with Crippen molar-refractivity contribution >= 4 is 0 Å². The first kappa shape index (κ1) is 5.72. The zero-order valence-electron chi connectivity index (χ0n) is 5.73. The average molecular weight is 125 g/mol. The lowest BCUT2D eigenvalue weighted by Gasteiger charge is -2.33. The molecule has 0 amide bonds. The van der Waals surface area contributed by atoms with E-state index in [0.717, 1.165) is 0 Å². The molecular weight excluding hydrogens is 112 g/mol. The van der Waals surface area contributed by atoms with E-state index in [9.17, 15) is 0 Å². The monoisotopic (exact) mass is 125 g/mol. The SMILES string of the molecule is C1C[C]2CCCC(C1)O2. The summed E-state index contributed by atoms with van der Waals surface area (Å²) in [5, 5.41) is 0. The van der Waals surface area contributed by atoms with Crippen LogP contribution in [-0.2, 0) is 4.74 Å². The van der Waals surface area contributed by atoms with Crippen LogP contribution in [0.3, 0.4) is 0 Å². The lowest BCUT2D eigenvalue weighted by molar-refractivity contribution is -0.0155. The number of ether oxygens (including phenoxy) is 1. The van der Waals surface area contributed by atoms with Crippen LogP contribution in [0, 0.1) is 6.10 Å². The second-order valence-corrected chi connectivity index (χ2v) is 3.06. The molecule has 2 saturated heterocycles. The highest BCUT2D eigenvalue weighted by atomic mass is 16.5. The third kappa shape index (κ3) is 1.11. The molecule has 0 N–H and O–H groups in total. The number of rotatable bonds is 0. The van der Waals surface area contributed by atoms with Gasteiger partial charge in [0.25, 0.3) is 0 Å². The van der Waals surface area contributed by atoms with Crippen LogP contribution in [0.1, 0.15) is 38.5 Å². The molecule has 2 aliphatic heterocycles. The number of fused-ring (bicyclic) bond motifs is 2. The van der Waals surface area contributed by atoms with Gasteiger partial charge in [0.05, 0.1) is 12.2 Å². The third-order valence-electron chi connectivity index (χ3n) is 2.30. The van der Waals surface area contributed by atoms with Gasteiger partial charge in [-0.25, -0.2) is 0 Å². The van der Waals surface area contributed by atoms with E-state index >= 15 is 0 Å². The summed E-state index contributed by atoms with van der Waals surface area (Å²) in [5.41, 5.74) is 0. The van der Waals surface area contributed by atoms with Crippen LogP contribution in [0.25, 0.3) is 0 Å². The zero-order valence-corrected chi connectivity index (χ0v) is 5.73. The van der Waals surface area contributed by atoms with Crippen molar-refractivity contribution in [2.75, 3.05) is 0 Å². The maximum atomic E-state index is 5.64. The van der Waals surface area contributed by atoms with E-state index in [1.165, 1.54) is 44.6 Å². The quantitative estimate of drug-likeness (QED) is 0.482. The van der Waals surface area contributed by atoms with Gasteiger partial charge in [0.15, 0.2) is 0 Å². The summed E-state index contributed by atoms with van der Waals surface area (Å²) in [4.78, 5) is 0. The molecule has 0 spiro atoms. The Hall–Kier alpha value is -0.0400. The van der Waals surface area contributed by atoms with Crippen LogP contribution in [0.2, 0.25) is 0 Å². The molecule has 2 heterocycles. The molecule has 9 heavy (non-hydrogen) atoms. The smallest absolute Gasteiger partial charge is 0.0974 e. The Kier molecular flexibility index (Phi) is 1.46. The van der Waals surface area contributed by atoms with Crippen LogP contribution in [0.15, 0.2) is 0 Å². The van der Waals surface area contributed by atoms with Crippen molar-refractivity contribution < 1.29 is 4.74 Å². The van der Waals surface area contributed by atoms with Crippen molar-refractivity contribution in [3.05, 3.63) is 6.10 Å². The minimum Gasteiger partial charge on any atom is -0.369 e. The van der Waals surface area contributed by atoms with Gasteiger partial charge in [-0.1, -0.05) is 0 Å². The van der Waals surface area contributed by atoms with Crippen molar-refractivity contribution in [3.63, 3.8) is 0 Å². The van der Waals surface area contributed by atoms with Gasteiger partial charge in [0.1, 0.15) is 0 Å². The first-order chi connectivity index (χ1) is 4.45. The molecule has 0 aromatic heterocycles. The van der Waals surface area contributed by atoms with Gasteiger partial charge in [0.2, 0.25) is 0 Å². The maximum Gasteiger partial charge on any atom is 0.0974 e. The molecule has 0 unspecified atom stereocenters. The molecule has 1 radical (unpaired) electrons. The molecule has 2 fully saturated rings. The van der Waals surface area contributed by atoms with E-state index in [-0.39, 0.29) is 0 Å². The van der Waals surface area contributed by atoms with Gasteiger partial charge in [0, 0.05) is 0 Å². The zero-order chi connectivity index (χ0) is 6.10. The van der Waals surface area contributed by atoms with Crippen LogP contribution in [0.5, 0.6) is 0 Å². The minimum atomic E-state index is 0.613. The first-order valence-corrected chi connectivity index (χ1v) is 3.96. The fraction of sp³-hybridized carbons (Fsp3) is 0.875. The highest BCUT2D eigenvalue weighted by Gasteiger charge is 2.26. The number of hydrogen-bond acceptors (Lipinski definition) is 1. The Bertz CT molecular complexity index is 80.7. The summed E-state index contributed by atoms with van der Waals surface area (Å²) in [5.74, 6) is 0. The number of hydrogen-bond donors (Lipinski definition) is 0. The van der Waals surface area contributed by atoms with Gasteiger partial charge in [-0.05, 0) is 38.5 Å². The van der Waals surface area contributed by atoms with Gasteiger partial charge < -0.3 is 4.74 Å². The van der Waals surface area contributed by atoms with E-state index in [4.69, 9.17) is 4.74 Å². The van der Waals surface area contributed by atoms with Gasteiger partial charge in [-0.2, -0.15) is 0 Å². The molecule has 0 aliphatic carbocycles. The summed E-state index contributed by atoms with van der Waals surface area (Å²) < 4.78 is 5.64. The summed E-state index contributed by atoms with van der Waals surface area (Å²) >= 11 is 0. The van der Waals surface area contributed by atoms with E-state index in [1.54, 1.807) is 0 Å². The fourth-order valence-corrected chi connectivity index (χ4v) is 1.79. The van der Waals surface area contributed by atoms with E-state index in [0.29, 0.717) is 6.10 Å². The summed E-state index contributed by atoms with van der Waals surface area (Å²) in [6.45, 7) is 0. The van der Waals surface area contributed by atoms with Crippen LogP contribution >= 0.6 is 0 Å². The van der Waals surface area contributed by atoms with E-state index in [2.05, 4.69) is 0 Å². The lowest BCUT2D eigenvalue weighted by Crippen LogP contribution is -2.26. The van der Waals surface area contributed by atoms with Crippen molar-refractivity contribution in [3.8, 4) is 0 Å². The molecule has 0 atom stereocenters. The molecule has 2 bridgehead atoms. The fourth-order valence-electron chi connectivity index (χ4n) is 1.79. The lowest BCUT2D eigenvalue weighted by atomic mass is 9.92. The standard InChI is InChI=1S/C8H13O/c1-3-7-5-2-6-8(4-1)9-7/h7H,1-6H2. The molecule has 0 aromatic carbocycles. The molecule has 2 rings (SSSR count). The summed E-state index contributed by atoms with van der Waals surface area (Å²) in [6, 6.07) is 0. The second kappa shape index (κ2) is 2.30. The van der Waals surface area contributed by atoms with Crippen LogP contribution < -0.4 is 0 Å². The Balaban J connectivity index is 1.96. The Morgan fingerprint density at radius 1 is 1.11 bits per heavy atom. The van der Waals surface area contributed by atoms with Crippen molar-refractivity contribution in [2.45, 2.75) is 44.6 Å². The van der Waals surface area contributed by atoms with Gasteiger partial charge in [-0.3, -0.25) is 0 Å². The van der Waals surface area contributed by atoms with Crippen molar-refractivity contribution in [1.29, 1.82) is 0 Å². The molecule has 1 heteroatoms. The Morgan fingerprint density at radius 2 is 1.78 bits per heavy atom. The highest BCUT2D eigenvalue weighted by molar-refractivity contribution is 4.88. The summed E-state index contributed by atoms with van der Waals surface area (Å²) in [6.07, 6.45) is 9.86. The Morgan fingerprint density at radius 3 is 2.22 bits per heavy atom. The second-order valence-electron chi connectivity index (χ2n) is 3.06. The third-order valence-corrected chi connectivity index (χ3v) is 2.30. The van der Waals surface area contributed by atoms with Crippen molar-refractivity contribution in [1.82, 2.24) is 0 Å². The predicted octanol–water partition coefficient (Wildman–Crippen LogP) is 2.27. The molecular formula is C8H13O.